The molecule has 162 valence electrons. The topological polar surface area (TPSA) is 159 Å². The van der Waals surface area contributed by atoms with Crippen LogP contribution in [0.5, 0.6) is 5.75 Å². The lowest BCUT2D eigenvalue weighted by Gasteiger charge is -2.44. The number of amides is 1. The number of likely N-dealkylation sites (N-methyl/N-ethyl adjacent to an activating group) is 1. The fraction of sp³-hybridized carbons (Fsp3) is 0.667. The Hall–Kier alpha value is -2.75. The van der Waals surface area contributed by atoms with Crippen LogP contribution < -0.4 is 5.56 Å². The van der Waals surface area contributed by atoms with Gasteiger partial charge in [-0.05, 0) is 40.5 Å². The number of aliphatic hydroxyl groups excluding tert-OH is 1. The van der Waals surface area contributed by atoms with Crippen molar-refractivity contribution in [3.8, 4) is 5.75 Å². The Balaban J connectivity index is 0.00000132. The minimum Gasteiger partial charge on any atom is -0.502 e. The summed E-state index contributed by atoms with van der Waals surface area (Å²) < 4.78 is 11.1. The molecule has 1 aliphatic rings. The number of rotatable bonds is 3. The standard InChI is InChI=1S/C17H27N3O6.CO2/c1-10-12(22)13(23)19-14(18-10)17(7-6-11(8-21)25-9-17)20(5)15(24)26-16(2,3)4;2-1-3/h11,21-22H,6-9H2,1-5H3,(H,18,19,23);/t11-,17+;/m1./s1. The molecule has 0 bridgehead atoms. The van der Waals surface area contributed by atoms with Gasteiger partial charge in [0, 0.05) is 7.05 Å². The van der Waals surface area contributed by atoms with Crippen LogP contribution in [0, 0.1) is 6.92 Å². The Labute approximate surface area is 167 Å². The summed E-state index contributed by atoms with van der Waals surface area (Å²) in [5.41, 5.74) is -2.30. The molecule has 2 rings (SSSR count). The second-order valence-electron chi connectivity index (χ2n) is 7.66. The molecule has 0 unspecified atom stereocenters. The number of aryl methyl sites for hydroxylation is 1. The number of nitrogens with one attached hydrogen (secondary N) is 1. The van der Waals surface area contributed by atoms with E-state index in [1.807, 2.05) is 0 Å². The number of nitrogens with zero attached hydrogens (tertiary/aromatic N) is 2. The monoisotopic (exact) mass is 413 g/mol. The summed E-state index contributed by atoms with van der Waals surface area (Å²) >= 11 is 0. The van der Waals surface area contributed by atoms with Gasteiger partial charge in [0.25, 0.3) is 5.56 Å². The molecule has 1 aliphatic heterocycles. The highest BCUT2D eigenvalue weighted by Crippen LogP contribution is 2.36. The average molecular weight is 413 g/mol. The van der Waals surface area contributed by atoms with Gasteiger partial charge in [0.15, 0.2) is 0 Å². The largest absolute Gasteiger partial charge is 0.502 e. The third-order valence-corrected chi connectivity index (χ3v) is 4.46. The van der Waals surface area contributed by atoms with Crippen LogP contribution in [-0.4, -0.2) is 69.3 Å². The average Bonchev–Trinajstić information content (AvgIpc) is 2.64. The zero-order valence-electron chi connectivity index (χ0n) is 17.1. The first kappa shape index (κ1) is 24.3. The smallest absolute Gasteiger partial charge is 0.410 e. The number of hydrogen-bond acceptors (Lipinski definition) is 9. The summed E-state index contributed by atoms with van der Waals surface area (Å²) in [6, 6.07) is 0. The lowest BCUT2D eigenvalue weighted by atomic mass is 9.87. The molecule has 29 heavy (non-hydrogen) atoms. The van der Waals surface area contributed by atoms with E-state index >= 15 is 0 Å². The molecule has 2 heterocycles. The summed E-state index contributed by atoms with van der Waals surface area (Å²) in [7, 11) is 1.55. The molecule has 3 N–H and O–H groups in total. The van der Waals surface area contributed by atoms with E-state index in [0.717, 1.165) is 0 Å². The third kappa shape index (κ3) is 5.86. The minimum atomic E-state index is -1.08. The lowest BCUT2D eigenvalue weighted by molar-refractivity contribution is -0.191. The van der Waals surface area contributed by atoms with Gasteiger partial charge in [0.05, 0.1) is 25.0 Å². The Morgan fingerprint density at radius 2 is 2.03 bits per heavy atom. The maximum Gasteiger partial charge on any atom is 0.410 e. The van der Waals surface area contributed by atoms with E-state index in [0.29, 0.717) is 12.8 Å². The molecule has 0 aliphatic carbocycles. The van der Waals surface area contributed by atoms with E-state index in [1.165, 1.54) is 11.8 Å². The van der Waals surface area contributed by atoms with Gasteiger partial charge in [-0.25, -0.2) is 9.78 Å². The highest BCUT2D eigenvalue weighted by Gasteiger charge is 2.47. The Morgan fingerprint density at radius 1 is 1.45 bits per heavy atom. The van der Waals surface area contributed by atoms with Gasteiger partial charge in [0.1, 0.15) is 17.0 Å². The SMILES string of the molecule is Cc1nc([C@]2(N(C)C(=O)OC(C)(C)C)CC[C@H](CO)OC2)[nH]c(=O)c1O.O=C=O. The fourth-order valence-electron chi connectivity index (χ4n) is 2.87. The van der Waals surface area contributed by atoms with Crippen molar-refractivity contribution >= 4 is 12.2 Å². The molecule has 1 aromatic rings. The number of hydrogen-bond donors (Lipinski definition) is 3. The van der Waals surface area contributed by atoms with Gasteiger partial charge in [-0.15, -0.1) is 0 Å². The molecular formula is C18H27N3O8. The molecule has 0 aromatic carbocycles. The molecule has 2 atom stereocenters. The second-order valence-corrected chi connectivity index (χ2v) is 7.66. The predicted molar refractivity (Wildman–Crippen MR) is 98.0 cm³/mol. The highest BCUT2D eigenvalue weighted by atomic mass is 16.6. The molecule has 1 fully saturated rings. The van der Waals surface area contributed by atoms with Gasteiger partial charge >= 0.3 is 12.2 Å². The molecule has 11 nitrogen and oxygen atoms in total. The molecular weight excluding hydrogens is 386 g/mol. The number of carbonyl (C=O) groups excluding carboxylic acids is 3. The highest BCUT2D eigenvalue weighted by molar-refractivity contribution is 5.69. The number of aromatic hydroxyl groups is 1. The van der Waals surface area contributed by atoms with Gasteiger partial charge in [-0.1, -0.05) is 0 Å². The van der Waals surface area contributed by atoms with Crippen molar-refractivity contribution in [3.05, 3.63) is 21.9 Å². The van der Waals surface area contributed by atoms with E-state index < -0.39 is 28.5 Å². The summed E-state index contributed by atoms with van der Waals surface area (Å²) in [4.78, 5) is 49.1. The molecule has 0 spiro atoms. The van der Waals surface area contributed by atoms with E-state index in [2.05, 4.69) is 9.97 Å². The third-order valence-electron chi connectivity index (χ3n) is 4.46. The van der Waals surface area contributed by atoms with E-state index in [9.17, 15) is 19.8 Å². The fourth-order valence-corrected chi connectivity index (χ4v) is 2.87. The Kier molecular flexibility index (Phi) is 8.07. The Morgan fingerprint density at radius 3 is 2.45 bits per heavy atom. The first-order valence-electron chi connectivity index (χ1n) is 8.90. The van der Waals surface area contributed by atoms with Gasteiger partial charge in [0.2, 0.25) is 5.75 Å². The lowest BCUT2D eigenvalue weighted by Crippen LogP contribution is -2.56. The van der Waals surface area contributed by atoms with Crippen LogP contribution in [0.3, 0.4) is 0 Å². The summed E-state index contributed by atoms with van der Waals surface area (Å²) in [5.74, 6) is -0.253. The van der Waals surface area contributed by atoms with Crippen molar-refractivity contribution in [2.24, 2.45) is 0 Å². The predicted octanol–water partition coefficient (Wildman–Crippen LogP) is 0.434. The van der Waals surface area contributed by atoms with E-state index in [-0.39, 0.29) is 37.0 Å². The zero-order chi connectivity index (χ0) is 22.4. The molecule has 0 radical (unpaired) electrons. The molecule has 0 saturated carbocycles. The van der Waals surface area contributed by atoms with Crippen molar-refractivity contribution in [2.75, 3.05) is 20.3 Å². The molecule has 1 saturated heterocycles. The first-order valence-corrected chi connectivity index (χ1v) is 8.90. The van der Waals surface area contributed by atoms with Crippen molar-refractivity contribution in [1.82, 2.24) is 14.9 Å². The molecule has 11 heteroatoms. The van der Waals surface area contributed by atoms with Crippen LogP contribution in [0.2, 0.25) is 0 Å². The van der Waals surface area contributed by atoms with E-state index in [4.69, 9.17) is 19.1 Å². The maximum atomic E-state index is 12.7. The van der Waals surface area contributed by atoms with Crippen LogP contribution >= 0.6 is 0 Å². The Bertz CT molecular complexity index is 800. The van der Waals surface area contributed by atoms with Crippen molar-refractivity contribution in [1.29, 1.82) is 0 Å². The number of ether oxygens (including phenoxy) is 2. The van der Waals surface area contributed by atoms with Crippen LogP contribution in [0.4, 0.5) is 4.79 Å². The second kappa shape index (κ2) is 9.64. The van der Waals surface area contributed by atoms with Crippen molar-refractivity contribution < 1.29 is 34.1 Å². The summed E-state index contributed by atoms with van der Waals surface area (Å²) in [6.07, 6.45) is 0.186. The summed E-state index contributed by atoms with van der Waals surface area (Å²) in [5, 5.41) is 19.0. The van der Waals surface area contributed by atoms with Crippen LogP contribution in [-0.2, 0) is 24.6 Å². The normalized spacial score (nSPS) is 21.4. The van der Waals surface area contributed by atoms with Crippen LogP contribution in [0.15, 0.2) is 4.79 Å². The van der Waals surface area contributed by atoms with Gasteiger partial charge < -0.3 is 24.7 Å². The van der Waals surface area contributed by atoms with Gasteiger partial charge in [-0.2, -0.15) is 9.59 Å². The van der Waals surface area contributed by atoms with Crippen LogP contribution in [0.25, 0.3) is 0 Å². The number of aliphatic hydroxyl groups is 1. The van der Waals surface area contributed by atoms with E-state index in [1.54, 1.807) is 27.8 Å². The minimum absolute atomic E-state index is 0.0289. The number of carbonyl (C=O) groups is 1. The number of aromatic nitrogens is 2. The quantitative estimate of drug-likeness (QED) is 0.638. The maximum absolute atomic E-state index is 12.7. The number of H-pyrrole nitrogens is 1. The first-order chi connectivity index (χ1) is 13.4. The summed E-state index contributed by atoms with van der Waals surface area (Å²) in [6.45, 7) is 6.68. The van der Waals surface area contributed by atoms with Gasteiger partial charge in [-0.3, -0.25) is 9.69 Å². The van der Waals surface area contributed by atoms with Crippen LogP contribution in [0.1, 0.15) is 45.1 Å². The number of aromatic amines is 1. The van der Waals surface area contributed by atoms with Crippen molar-refractivity contribution in [3.63, 3.8) is 0 Å². The molecule has 1 amide bonds. The van der Waals surface area contributed by atoms with Crippen molar-refractivity contribution in [2.45, 2.75) is 57.8 Å². The molecule has 1 aromatic heterocycles. The zero-order valence-corrected chi connectivity index (χ0v) is 17.1.